The van der Waals surface area contributed by atoms with Gasteiger partial charge in [-0.05, 0) is 48.7 Å². The van der Waals surface area contributed by atoms with E-state index in [-0.39, 0.29) is 12.2 Å². The molecule has 0 fully saturated rings. The average molecular weight is 440 g/mol. The monoisotopic (exact) mass is 439 g/mol. The van der Waals surface area contributed by atoms with Gasteiger partial charge in [0.15, 0.2) is 11.5 Å². The molecular weight excluding hydrogens is 418 g/mol. The zero-order valence-corrected chi connectivity index (χ0v) is 18.0. The zero-order valence-electron chi connectivity index (χ0n) is 16.4. The van der Waals surface area contributed by atoms with E-state index in [1.165, 1.54) is 20.3 Å². The highest BCUT2D eigenvalue weighted by Gasteiger charge is 2.37. The summed E-state index contributed by atoms with van der Waals surface area (Å²) < 4.78 is 35.8. The topological polar surface area (TPSA) is 114 Å². The Labute approximate surface area is 174 Å². The number of phenols is 1. The van der Waals surface area contributed by atoms with Crippen LogP contribution in [0.1, 0.15) is 34.7 Å². The Morgan fingerprint density at radius 2 is 1.86 bits per heavy atom. The number of nitrogens with two attached hydrogens (primary N) is 1. The normalized spacial score (nSPS) is 16.7. The lowest BCUT2D eigenvalue weighted by molar-refractivity contribution is 0.348. The van der Waals surface area contributed by atoms with Crippen molar-refractivity contribution in [1.82, 2.24) is 4.41 Å². The first-order valence-electron chi connectivity index (χ1n) is 8.69. The highest BCUT2D eigenvalue weighted by Crippen LogP contribution is 2.41. The number of hydrogen-bond donors (Lipinski definition) is 2. The zero-order chi connectivity index (χ0) is 21.5. The average Bonchev–Trinajstić information content (AvgIpc) is 3.11. The third-order valence-electron chi connectivity index (χ3n) is 4.87. The van der Waals surface area contributed by atoms with Gasteiger partial charge in [0.1, 0.15) is 5.75 Å². The number of nitrogens with zero attached hydrogens (tertiary/aromatic N) is 2. The van der Waals surface area contributed by atoms with Gasteiger partial charge in [-0.25, -0.2) is 5.14 Å². The Balaban J connectivity index is 2.11. The number of methoxy groups -OCH3 is 2. The molecule has 0 aromatic heterocycles. The highest BCUT2D eigenvalue weighted by molar-refractivity contribution is 7.86. The fourth-order valence-electron chi connectivity index (χ4n) is 3.48. The van der Waals surface area contributed by atoms with Gasteiger partial charge >= 0.3 is 10.2 Å². The summed E-state index contributed by atoms with van der Waals surface area (Å²) >= 11 is 6.33. The Kier molecular flexibility index (Phi) is 5.66. The molecule has 1 heterocycles. The number of benzene rings is 2. The van der Waals surface area contributed by atoms with E-state index in [1.807, 2.05) is 0 Å². The minimum atomic E-state index is -4.16. The van der Waals surface area contributed by atoms with Crippen LogP contribution in [0, 0.1) is 13.8 Å². The van der Waals surface area contributed by atoms with Crippen molar-refractivity contribution in [3.63, 3.8) is 0 Å². The minimum Gasteiger partial charge on any atom is -0.507 e. The van der Waals surface area contributed by atoms with Gasteiger partial charge in [-0.2, -0.15) is 17.9 Å². The molecule has 29 heavy (non-hydrogen) atoms. The van der Waals surface area contributed by atoms with Crippen LogP contribution < -0.4 is 14.6 Å². The van der Waals surface area contributed by atoms with Crippen molar-refractivity contribution in [2.75, 3.05) is 14.2 Å². The van der Waals surface area contributed by atoms with Gasteiger partial charge in [0.25, 0.3) is 0 Å². The maximum Gasteiger partial charge on any atom is 0.314 e. The van der Waals surface area contributed by atoms with Crippen molar-refractivity contribution < 1.29 is 23.0 Å². The van der Waals surface area contributed by atoms with Crippen molar-refractivity contribution in [1.29, 1.82) is 0 Å². The smallest absolute Gasteiger partial charge is 0.314 e. The van der Waals surface area contributed by atoms with Crippen molar-refractivity contribution >= 4 is 27.5 Å². The fourth-order valence-corrected chi connectivity index (χ4v) is 4.40. The predicted molar refractivity (Wildman–Crippen MR) is 111 cm³/mol. The van der Waals surface area contributed by atoms with Gasteiger partial charge in [0.05, 0.1) is 26.0 Å². The molecule has 0 spiro atoms. The maximum atomic E-state index is 12.2. The van der Waals surface area contributed by atoms with E-state index in [0.29, 0.717) is 44.5 Å². The lowest BCUT2D eigenvalue weighted by atomic mass is 9.94. The number of ether oxygens (including phenoxy) is 2. The SMILES string of the molecule is COc1ccc(C2CC(c3c(O)cc(C)c(Cl)c3C)=NN2S(N)(=O)=O)cc1OC. The molecular formula is C19H22ClN3O5S. The molecule has 3 rings (SSSR count). The Bertz CT molecular complexity index is 1100. The summed E-state index contributed by atoms with van der Waals surface area (Å²) in [6, 6.07) is 5.89. The van der Waals surface area contributed by atoms with Crippen LogP contribution in [0.4, 0.5) is 0 Å². The number of rotatable bonds is 5. The number of aryl methyl sites for hydroxylation is 1. The fraction of sp³-hybridized carbons (Fsp3) is 0.316. The van der Waals surface area contributed by atoms with E-state index < -0.39 is 16.3 Å². The van der Waals surface area contributed by atoms with E-state index in [1.54, 1.807) is 32.0 Å². The number of halogens is 1. The van der Waals surface area contributed by atoms with Gasteiger partial charge < -0.3 is 14.6 Å². The van der Waals surface area contributed by atoms with Crippen LogP contribution in [0.3, 0.4) is 0 Å². The van der Waals surface area contributed by atoms with E-state index in [9.17, 15) is 13.5 Å². The van der Waals surface area contributed by atoms with Crippen LogP contribution in [0.15, 0.2) is 29.4 Å². The summed E-state index contributed by atoms with van der Waals surface area (Å²) in [4.78, 5) is 0. The van der Waals surface area contributed by atoms with Crippen molar-refractivity contribution in [2.24, 2.45) is 10.2 Å². The molecule has 156 valence electrons. The molecule has 0 saturated heterocycles. The summed E-state index contributed by atoms with van der Waals surface area (Å²) in [5, 5.41) is 20.6. The van der Waals surface area contributed by atoms with Crippen LogP contribution >= 0.6 is 11.6 Å². The van der Waals surface area contributed by atoms with Gasteiger partial charge in [-0.1, -0.05) is 17.7 Å². The molecule has 1 aliphatic heterocycles. The molecule has 0 amide bonds. The van der Waals surface area contributed by atoms with Gasteiger partial charge in [-0.3, -0.25) is 0 Å². The van der Waals surface area contributed by atoms with E-state index in [2.05, 4.69) is 5.10 Å². The second kappa shape index (κ2) is 7.74. The summed E-state index contributed by atoms with van der Waals surface area (Å²) in [6.07, 6.45) is 0.194. The first-order chi connectivity index (χ1) is 13.6. The number of hydrazone groups is 1. The minimum absolute atomic E-state index is 0.0227. The third-order valence-corrected chi connectivity index (χ3v) is 6.31. The molecule has 2 aromatic rings. The lowest BCUT2D eigenvalue weighted by Crippen LogP contribution is -2.33. The Hall–Kier alpha value is -2.49. The largest absolute Gasteiger partial charge is 0.507 e. The molecule has 10 heteroatoms. The summed E-state index contributed by atoms with van der Waals surface area (Å²) in [5.74, 6) is 0.937. The Morgan fingerprint density at radius 3 is 2.45 bits per heavy atom. The summed E-state index contributed by atoms with van der Waals surface area (Å²) in [7, 11) is -1.16. The first kappa shape index (κ1) is 21.2. The molecule has 3 N–H and O–H groups in total. The standard InChI is InChI=1S/C19H22ClN3O5S/c1-10-7-15(24)18(11(2)19(10)20)13-9-14(23(22-13)29(21,25)26)12-5-6-16(27-3)17(8-12)28-4/h5-8,14,24H,9H2,1-4H3,(H2,21,25,26). The van der Waals surface area contributed by atoms with E-state index in [0.717, 1.165) is 4.41 Å². The third kappa shape index (κ3) is 3.85. The lowest BCUT2D eigenvalue weighted by Gasteiger charge is -2.21. The van der Waals surface area contributed by atoms with Gasteiger partial charge in [0.2, 0.25) is 0 Å². The van der Waals surface area contributed by atoms with Crippen LogP contribution in [0.25, 0.3) is 0 Å². The number of hydrogen-bond acceptors (Lipinski definition) is 6. The second-order valence-electron chi connectivity index (χ2n) is 6.73. The number of phenolic OH excluding ortho intramolecular Hbond substituents is 1. The molecule has 0 aliphatic carbocycles. The maximum absolute atomic E-state index is 12.2. The molecule has 8 nitrogen and oxygen atoms in total. The molecule has 0 bridgehead atoms. The molecule has 0 radical (unpaired) electrons. The molecule has 0 saturated carbocycles. The van der Waals surface area contributed by atoms with Gasteiger partial charge in [0, 0.05) is 17.0 Å². The van der Waals surface area contributed by atoms with Crippen molar-refractivity contribution in [3.8, 4) is 17.2 Å². The van der Waals surface area contributed by atoms with Crippen LogP contribution in [-0.4, -0.2) is 37.9 Å². The highest BCUT2D eigenvalue weighted by atomic mass is 35.5. The van der Waals surface area contributed by atoms with Crippen LogP contribution in [0.5, 0.6) is 17.2 Å². The number of aromatic hydroxyl groups is 1. The Morgan fingerprint density at radius 1 is 1.21 bits per heavy atom. The van der Waals surface area contributed by atoms with E-state index >= 15 is 0 Å². The van der Waals surface area contributed by atoms with E-state index in [4.69, 9.17) is 26.2 Å². The first-order valence-corrected chi connectivity index (χ1v) is 10.6. The van der Waals surface area contributed by atoms with Crippen molar-refractivity contribution in [2.45, 2.75) is 26.3 Å². The predicted octanol–water partition coefficient (Wildman–Crippen LogP) is 3.03. The van der Waals surface area contributed by atoms with Gasteiger partial charge in [-0.15, -0.1) is 0 Å². The summed E-state index contributed by atoms with van der Waals surface area (Å²) in [6.45, 7) is 3.52. The van der Waals surface area contributed by atoms with Crippen LogP contribution in [0.2, 0.25) is 5.02 Å². The summed E-state index contributed by atoms with van der Waals surface area (Å²) in [5.41, 5.74) is 2.72. The molecule has 1 atom stereocenters. The molecule has 1 unspecified atom stereocenters. The second-order valence-corrected chi connectivity index (χ2v) is 8.51. The molecule has 1 aliphatic rings. The van der Waals surface area contributed by atoms with Crippen LogP contribution in [-0.2, 0) is 10.2 Å². The quantitative estimate of drug-likeness (QED) is 0.743. The van der Waals surface area contributed by atoms with Crippen molar-refractivity contribution in [3.05, 3.63) is 51.5 Å². The molecule has 2 aromatic carbocycles.